The zero-order valence-corrected chi connectivity index (χ0v) is 10.5. The molecule has 0 N–H and O–H groups in total. The topological polar surface area (TPSA) is 9.23 Å². The summed E-state index contributed by atoms with van der Waals surface area (Å²) >= 11 is 3.67. The summed E-state index contributed by atoms with van der Waals surface area (Å²) in [6.45, 7) is 7.65. The minimum atomic E-state index is 0.436. The van der Waals surface area contributed by atoms with E-state index in [9.17, 15) is 0 Å². The molecule has 1 saturated heterocycles. The van der Waals surface area contributed by atoms with Gasteiger partial charge in [0.15, 0.2) is 0 Å². The third kappa shape index (κ3) is 3.25. The van der Waals surface area contributed by atoms with Crippen molar-refractivity contribution in [3.8, 4) is 0 Å². The van der Waals surface area contributed by atoms with Crippen molar-refractivity contribution >= 4 is 15.9 Å². The molecule has 1 fully saturated rings. The van der Waals surface area contributed by atoms with Gasteiger partial charge in [0, 0.05) is 5.92 Å². The Morgan fingerprint density at radius 3 is 3.07 bits per heavy atom. The van der Waals surface area contributed by atoms with Crippen LogP contribution in [0.25, 0.3) is 0 Å². The second kappa shape index (κ2) is 6.41. The fraction of sp³-hybridized carbons (Fsp3) is 0.667. The van der Waals surface area contributed by atoms with Gasteiger partial charge >= 0.3 is 0 Å². The molecule has 80 valence electrons. The molecule has 0 radical (unpaired) electrons. The molecule has 1 aliphatic rings. The molecule has 0 saturated carbocycles. The minimum absolute atomic E-state index is 0.436. The molecule has 0 spiro atoms. The predicted molar refractivity (Wildman–Crippen MR) is 64.6 cm³/mol. The fourth-order valence-corrected chi connectivity index (χ4v) is 2.37. The largest absolute Gasteiger partial charge is 0.376 e. The lowest BCUT2D eigenvalue weighted by molar-refractivity contribution is 0.195. The lowest BCUT2D eigenvalue weighted by Gasteiger charge is -2.07. The minimum Gasteiger partial charge on any atom is -0.376 e. The number of ether oxygens (including phenoxy) is 1. The molecule has 0 bridgehead atoms. The number of rotatable bonds is 5. The molecule has 1 heterocycles. The molecule has 1 atom stereocenters. The van der Waals surface area contributed by atoms with Crippen LogP contribution in [0.15, 0.2) is 22.7 Å². The smallest absolute Gasteiger partial charge is 0.0694 e. The van der Waals surface area contributed by atoms with Crippen molar-refractivity contribution in [3.05, 3.63) is 22.7 Å². The van der Waals surface area contributed by atoms with E-state index < -0.39 is 0 Å². The first kappa shape index (κ1) is 12.0. The molecule has 1 aliphatic heterocycles. The number of unbranched alkanes of at least 4 members (excludes halogenated alkanes) is 2. The van der Waals surface area contributed by atoms with Gasteiger partial charge in [-0.1, -0.05) is 41.8 Å². The van der Waals surface area contributed by atoms with Gasteiger partial charge in [0.2, 0.25) is 0 Å². The Morgan fingerprint density at radius 1 is 1.64 bits per heavy atom. The molecule has 0 aromatic carbocycles. The lowest BCUT2D eigenvalue weighted by Crippen LogP contribution is -1.98. The maximum absolute atomic E-state index is 5.43. The van der Waals surface area contributed by atoms with E-state index in [-0.39, 0.29) is 0 Å². The van der Waals surface area contributed by atoms with Gasteiger partial charge in [-0.3, -0.25) is 0 Å². The van der Waals surface area contributed by atoms with E-state index in [1.54, 1.807) is 0 Å². The fourth-order valence-electron chi connectivity index (χ4n) is 1.68. The first-order chi connectivity index (χ1) is 6.79. The molecule has 0 aromatic heterocycles. The van der Waals surface area contributed by atoms with Crippen LogP contribution in [0.5, 0.6) is 0 Å². The molecule has 1 rings (SSSR count). The monoisotopic (exact) mass is 258 g/mol. The van der Waals surface area contributed by atoms with Crippen molar-refractivity contribution in [3.63, 3.8) is 0 Å². The lowest BCUT2D eigenvalue weighted by atomic mass is 10.0. The van der Waals surface area contributed by atoms with Crippen LogP contribution < -0.4 is 0 Å². The quantitative estimate of drug-likeness (QED) is 0.534. The predicted octanol–water partition coefficient (Wildman–Crippen LogP) is 4.05. The van der Waals surface area contributed by atoms with Gasteiger partial charge in [0.05, 0.1) is 13.2 Å². The van der Waals surface area contributed by atoms with Crippen LogP contribution in [-0.4, -0.2) is 13.2 Å². The Bertz CT molecular complexity index is 220. The Kier molecular flexibility index (Phi) is 5.49. The van der Waals surface area contributed by atoms with Crippen LogP contribution in [0.3, 0.4) is 0 Å². The summed E-state index contributed by atoms with van der Waals surface area (Å²) in [7, 11) is 0. The highest BCUT2D eigenvalue weighted by molar-refractivity contribution is 9.11. The maximum atomic E-state index is 5.43. The second-order valence-electron chi connectivity index (χ2n) is 3.74. The third-order valence-electron chi connectivity index (χ3n) is 2.64. The first-order valence-corrected chi connectivity index (χ1v) is 6.16. The molecular formula is C12H19BrO. The van der Waals surface area contributed by atoms with Crippen molar-refractivity contribution in [2.45, 2.75) is 32.6 Å². The van der Waals surface area contributed by atoms with Crippen molar-refractivity contribution in [1.29, 1.82) is 0 Å². The molecule has 0 aliphatic carbocycles. The van der Waals surface area contributed by atoms with E-state index in [1.807, 2.05) is 6.08 Å². The Morgan fingerprint density at radius 2 is 2.43 bits per heavy atom. The van der Waals surface area contributed by atoms with Crippen molar-refractivity contribution in [1.82, 2.24) is 0 Å². The third-order valence-corrected chi connectivity index (χ3v) is 3.54. The van der Waals surface area contributed by atoms with Gasteiger partial charge in [0.1, 0.15) is 0 Å². The first-order valence-electron chi connectivity index (χ1n) is 5.37. The van der Waals surface area contributed by atoms with Crippen LogP contribution in [0.4, 0.5) is 0 Å². The molecule has 2 heteroatoms. The van der Waals surface area contributed by atoms with Gasteiger partial charge in [-0.2, -0.15) is 0 Å². The molecular weight excluding hydrogens is 240 g/mol. The van der Waals surface area contributed by atoms with E-state index in [2.05, 4.69) is 29.4 Å². The second-order valence-corrected chi connectivity index (χ2v) is 4.70. The normalized spacial score (nSPS) is 25.1. The summed E-state index contributed by atoms with van der Waals surface area (Å²) in [5.74, 6) is 0.436. The SMILES string of the molecule is C=CC1COC/C1=C(/Br)CCCCC. The highest BCUT2D eigenvalue weighted by atomic mass is 79.9. The molecule has 0 amide bonds. The van der Waals surface area contributed by atoms with Gasteiger partial charge in [-0.25, -0.2) is 0 Å². The Hall–Kier alpha value is -0.0800. The standard InChI is InChI=1S/C12H19BrO/c1-3-5-6-7-12(13)11-9-14-8-10(11)4-2/h4,10H,2-3,5-9H2,1H3/b12-11-. The summed E-state index contributed by atoms with van der Waals surface area (Å²) in [5.41, 5.74) is 1.40. The number of allylic oxidation sites excluding steroid dienone is 1. The van der Waals surface area contributed by atoms with Gasteiger partial charge in [-0.15, -0.1) is 6.58 Å². The summed E-state index contributed by atoms with van der Waals surface area (Å²) in [5, 5.41) is 0. The van der Waals surface area contributed by atoms with E-state index >= 15 is 0 Å². The summed E-state index contributed by atoms with van der Waals surface area (Å²) in [4.78, 5) is 0. The summed E-state index contributed by atoms with van der Waals surface area (Å²) in [6, 6.07) is 0. The van der Waals surface area contributed by atoms with E-state index in [4.69, 9.17) is 4.74 Å². The van der Waals surface area contributed by atoms with E-state index in [0.29, 0.717) is 5.92 Å². The van der Waals surface area contributed by atoms with Crippen LogP contribution >= 0.6 is 15.9 Å². The zero-order valence-electron chi connectivity index (χ0n) is 8.89. The number of hydrogen-bond donors (Lipinski definition) is 0. The van der Waals surface area contributed by atoms with Gasteiger partial charge in [-0.05, 0) is 22.9 Å². The van der Waals surface area contributed by atoms with Crippen LogP contribution in [0.1, 0.15) is 32.6 Å². The number of hydrogen-bond acceptors (Lipinski definition) is 1. The highest BCUT2D eigenvalue weighted by Crippen LogP contribution is 2.30. The van der Waals surface area contributed by atoms with Crippen molar-refractivity contribution in [2.24, 2.45) is 5.92 Å². The Labute approximate surface area is 95.3 Å². The average Bonchev–Trinajstić information content (AvgIpc) is 2.65. The average molecular weight is 259 g/mol. The van der Waals surface area contributed by atoms with E-state index in [1.165, 1.54) is 29.3 Å². The van der Waals surface area contributed by atoms with E-state index in [0.717, 1.165) is 19.6 Å². The Balaban J connectivity index is 2.48. The summed E-state index contributed by atoms with van der Waals surface area (Å²) in [6.07, 6.45) is 6.99. The summed E-state index contributed by atoms with van der Waals surface area (Å²) < 4.78 is 6.77. The van der Waals surface area contributed by atoms with Crippen LogP contribution in [0, 0.1) is 5.92 Å². The molecule has 1 nitrogen and oxygen atoms in total. The van der Waals surface area contributed by atoms with Crippen LogP contribution in [0.2, 0.25) is 0 Å². The molecule has 14 heavy (non-hydrogen) atoms. The van der Waals surface area contributed by atoms with Crippen molar-refractivity contribution < 1.29 is 4.74 Å². The van der Waals surface area contributed by atoms with Crippen LogP contribution in [-0.2, 0) is 4.74 Å². The van der Waals surface area contributed by atoms with Crippen molar-refractivity contribution in [2.75, 3.05) is 13.2 Å². The number of halogens is 1. The maximum Gasteiger partial charge on any atom is 0.0694 e. The highest BCUT2D eigenvalue weighted by Gasteiger charge is 2.20. The molecule has 1 unspecified atom stereocenters. The van der Waals surface area contributed by atoms with Gasteiger partial charge < -0.3 is 4.74 Å². The molecule has 0 aromatic rings. The van der Waals surface area contributed by atoms with Gasteiger partial charge in [0.25, 0.3) is 0 Å². The zero-order chi connectivity index (χ0) is 10.4.